The predicted octanol–water partition coefficient (Wildman–Crippen LogP) is -0.651. The van der Waals surface area contributed by atoms with Crippen LogP contribution in [0, 0.1) is 0 Å². The van der Waals surface area contributed by atoms with Crippen LogP contribution in [-0.2, 0) is 19.5 Å². The summed E-state index contributed by atoms with van der Waals surface area (Å²) in [7, 11) is 0.353. The molecule has 0 saturated carbocycles. The largest absolute Gasteiger partial charge is 0.384 e. The van der Waals surface area contributed by atoms with Crippen LogP contribution in [0.4, 0.5) is 0 Å². The van der Waals surface area contributed by atoms with Gasteiger partial charge in [0.25, 0.3) is 0 Å². The maximum absolute atomic E-state index is 12.1. The second-order valence-electron chi connectivity index (χ2n) is 6.26. The molecule has 2 heterocycles. The highest BCUT2D eigenvalue weighted by Gasteiger charge is 2.40. The van der Waals surface area contributed by atoms with Gasteiger partial charge in [-0.2, -0.15) is 0 Å². The molecule has 0 radical (unpaired) electrons. The van der Waals surface area contributed by atoms with Crippen LogP contribution in [0.25, 0.3) is 0 Å². The van der Waals surface area contributed by atoms with Crippen molar-refractivity contribution in [2.45, 2.75) is 18.4 Å². The monoisotopic (exact) mass is 335 g/mol. The normalized spacial score (nSPS) is 24.5. The number of ether oxygens (including phenoxy) is 2. The van der Waals surface area contributed by atoms with Crippen LogP contribution in [-0.4, -0.2) is 96.2 Å². The molecule has 0 aromatic carbocycles. The molecule has 2 fully saturated rings. The summed E-state index contributed by atoms with van der Waals surface area (Å²) in [4.78, 5) is 4.72. The van der Waals surface area contributed by atoms with Crippen LogP contribution < -0.4 is 4.72 Å². The molecule has 0 aliphatic carbocycles. The standard InChI is InChI=1S/C14H29N3O4S/c1-16-5-3-14(4-6-16,17-7-9-21-10-8-17)13-15-22(18,19)12-11-20-2/h15H,3-13H2,1-2H3. The van der Waals surface area contributed by atoms with Crippen molar-refractivity contribution < 1.29 is 17.9 Å². The van der Waals surface area contributed by atoms with Gasteiger partial charge in [0.1, 0.15) is 0 Å². The molecule has 130 valence electrons. The Morgan fingerprint density at radius 3 is 2.41 bits per heavy atom. The predicted molar refractivity (Wildman–Crippen MR) is 85.5 cm³/mol. The molecule has 22 heavy (non-hydrogen) atoms. The zero-order valence-corrected chi connectivity index (χ0v) is 14.5. The highest BCUT2D eigenvalue weighted by molar-refractivity contribution is 7.89. The van der Waals surface area contributed by atoms with E-state index in [1.165, 1.54) is 7.11 Å². The molecule has 0 aromatic rings. The molecule has 2 aliphatic rings. The third-order valence-corrected chi connectivity index (χ3v) is 6.07. The first kappa shape index (κ1) is 18.1. The zero-order chi connectivity index (χ0) is 16.1. The molecular formula is C14H29N3O4S. The Hall–Kier alpha value is -0.250. The van der Waals surface area contributed by atoms with E-state index in [1.54, 1.807) is 0 Å². The van der Waals surface area contributed by atoms with E-state index in [9.17, 15) is 8.42 Å². The molecule has 2 rings (SSSR count). The molecule has 1 N–H and O–H groups in total. The van der Waals surface area contributed by atoms with Crippen LogP contribution in [0.5, 0.6) is 0 Å². The molecule has 2 aliphatic heterocycles. The van der Waals surface area contributed by atoms with Gasteiger partial charge >= 0.3 is 0 Å². The van der Waals surface area contributed by atoms with E-state index in [-0.39, 0.29) is 17.9 Å². The summed E-state index contributed by atoms with van der Waals surface area (Å²) >= 11 is 0. The Labute approximate surface area is 134 Å². The van der Waals surface area contributed by atoms with Crippen molar-refractivity contribution >= 4 is 10.0 Å². The van der Waals surface area contributed by atoms with Gasteiger partial charge in [-0.15, -0.1) is 0 Å². The van der Waals surface area contributed by atoms with Crippen LogP contribution in [0.1, 0.15) is 12.8 Å². The van der Waals surface area contributed by atoms with E-state index in [2.05, 4.69) is 21.6 Å². The Kier molecular flexibility index (Phi) is 6.60. The number of likely N-dealkylation sites (tertiary alicyclic amines) is 1. The lowest BCUT2D eigenvalue weighted by Gasteiger charge is -2.49. The molecule has 0 bridgehead atoms. The van der Waals surface area contributed by atoms with E-state index >= 15 is 0 Å². The Bertz CT molecular complexity index is 429. The first-order chi connectivity index (χ1) is 10.5. The Balaban J connectivity index is 2.01. The topological polar surface area (TPSA) is 71.1 Å². The molecule has 0 amide bonds. The highest BCUT2D eigenvalue weighted by Crippen LogP contribution is 2.29. The van der Waals surface area contributed by atoms with Gasteiger partial charge in [-0.05, 0) is 33.0 Å². The second kappa shape index (κ2) is 8.03. The summed E-state index contributed by atoms with van der Waals surface area (Å²) in [5, 5.41) is 0. The molecule has 0 atom stereocenters. The lowest BCUT2D eigenvalue weighted by atomic mass is 9.85. The quantitative estimate of drug-likeness (QED) is 0.667. The lowest BCUT2D eigenvalue weighted by molar-refractivity contribution is -0.0427. The number of hydrogen-bond acceptors (Lipinski definition) is 6. The summed E-state index contributed by atoms with van der Waals surface area (Å²) in [6.45, 7) is 5.92. The summed E-state index contributed by atoms with van der Waals surface area (Å²) in [6, 6.07) is 0. The molecule has 2 saturated heterocycles. The van der Waals surface area contributed by atoms with Crippen LogP contribution in [0.15, 0.2) is 0 Å². The van der Waals surface area contributed by atoms with E-state index in [0.29, 0.717) is 6.54 Å². The van der Waals surface area contributed by atoms with E-state index in [0.717, 1.165) is 52.2 Å². The number of methoxy groups -OCH3 is 1. The van der Waals surface area contributed by atoms with Crippen LogP contribution in [0.3, 0.4) is 0 Å². The third kappa shape index (κ3) is 4.87. The Morgan fingerprint density at radius 2 is 1.82 bits per heavy atom. The van der Waals surface area contributed by atoms with Gasteiger partial charge < -0.3 is 14.4 Å². The first-order valence-corrected chi connectivity index (χ1v) is 9.60. The van der Waals surface area contributed by atoms with Gasteiger partial charge in [0.15, 0.2) is 0 Å². The average molecular weight is 335 g/mol. The van der Waals surface area contributed by atoms with Crippen LogP contribution in [0.2, 0.25) is 0 Å². The molecular weight excluding hydrogens is 306 g/mol. The maximum Gasteiger partial charge on any atom is 0.213 e. The summed E-state index contributed by atoms with van der Waals surface area (Å²) < 4.78 is 37.3. The summed E-state index contributed by atoms with van der Waals surface area (Å²) in [6.07, 6.45) is 1.96. The van der Waals surface area contributed by atoms with Gasteiger partial charge in [-0.3, -0.25) is 4.90 Å². The summed E-state index contributed by atoms with van der Waals surface area (Å²) in [5.74, 6) is 0.0165. The molecule has 8 heteroatoms. The van der Waals surface area contributed by atoms with Gasteiger partial charge in [-0.1, -0.05) is 0 Å². The molecule has 0 unspecified atom stereocenters. The van der Waals surface area contributed by atoms with Crippen LogP contribution >= 0.6 is 0 Å². The maximum atomic E-state index is 12.1. The number of nitrogens with zero attached hydrogens (tertiary/aromatic N) is 2. The number of piperidine rings is 1. The van der Waals surface area contributed by atoms with Crippen molar-refractivity contribution in [1.29, 1.82) is 0 Å². The third-order valence-electron chi connectivity index (χ3n) is 4.78. The number of morpholine rings is 1. The minimum Gasteiger partial charge on any atom is -0.384 e. The highest BCUT2D eigenvalue weighted by atomic mass is 32.2. The summed E-state index contributed by atoms with van der Waals surface area (Å²) in [5.41, 5.74) is -0.0869. The Morgan fingerprint density at radius 1 is 1.18 bits per heavy atom. The van der Waals surface area contributed by atoms with Crippen molar-refractivity contribution in [3.05, 3.63) is 0 Å². The van der Waals surface area contributed by atoms with Crippen molar-refractivity contribution in [3.63, 3.8) is 0 Å². The SMILES string of the molecule is COCCS(=O)(=O)NCC1(N2CCOCC2)CCN(C)CC1. The van der Waals surface area contributed by atoms with Crippen molar-refractivity contribution in [1.82, 2.24) is 14.5 Å². The van der Waals surface area contributed by atoms with Gasteiger partial charge in [0.2, 0.25) is 10.0 Å². The number of sulfonamides is 1. The minimum atomic E-state index is -3.28. The molecule has 7 nitrogen and oxygen atoms in total. The number of hydrogen-bond donors (Lipinski definition) is 1. The van der Waals surface area contributed by atoms with Crippen molar-refractivity contribution in [3.8, 4) is 0 Å². The van der Waals surface area contributed by atoms with E-state index < -0.39 is 10.0 Å². The first-order valence-electron chi connectivity index (χ1n) is 7.95. The molecule has 0 spiro atoms. The minimum absolute atomic E-state index is 0.0165. The fourth-order valence-electron chi connectivity index (χ4n) is 3.19. The van der Waals surface area contributed by atoms with Crippen molar-refractivity contribution in [2.75, 3.05) is 72.5 Å². The fraction of sp³-hybridized carbons (Fsp3) is 1.00. The van der Waals surface area contributed by atoms with E-state index in [1.807, 2.05) is 0 Å². The second-order valence-corrected chi connectivity index (χ2v) is 8.19. The van der Waals surface area contributed by atoms with Gasteiger partial charge in [-0.25, -0.2) is 13.1 Å². The fourth-order valence-corrected chi connectivity index (χ4v) is 4.21. The number of nitrogens with one attached hydrogen (secondary N) is 1. The lowest BCUT2D eigenvalue weighted by Crippen LogP contribution is -2.62. The zero-order valence-electron chi connectivity index (χ0n) is 13.7. The average Bonchev–Trinajstić information content (AvgIpc) is 2.54. The molecule has 0 aromatic heterocycles. The number of rotatable bonds is 7. The van der Waals surface area contributed by atoms with E-state index in [4.69, 9.17) is 9.47 Å². The smallest absolute Gasteiger partial charge is 0.213 e. The van der Waals surface area contributed by atoms with Gasteiger partial charge in [0, 0.05) is 32.3 Å². The van der Waals surface area contributed by atoms with Gasteiger partial charge in [0.05, 0.1) is 25.6 Å². The van der Waals surface area contributed by atoms with Crippen molar-refractivity contribution in [2.24, 2.45) is 0 Å².